The third kappa shape index (κ3) is 4.20. The molecule has 0 aliphatic carbocycles. The van der Waals surface area contributed by atoms with Gasteiger partial charge in [-0.25, -0.2) is 0 Å². The van der Waals surface area contributed by atoms with Crippen molar-refractivity contribution in [2.75, 3.05) is 6.61 Å². The summed E-state index contributed by atoms with van der Waals surface area (Å²) < 4.78 is 40.7. The molecule has 5 heteroatoms. The Morgan fingerprint density at radius 3 is 2.60 bits per heavy atom. The zero-order valence-corrected chi connectivity index (χ0v) is 8.64. The van der Waals surface area contributed by atoms with Crippen molar-refractivity contribution in [3.8, 4) is 0 Å². The van der Waals surface area contributed by atoms with E-state index in [0.29, 0.717) is 13.0 Å². The van der Waals surface area contributed by atoms with Gasteiger partial charge in [0.25, 0.3) is 0 Å². The monoisotopic (exact) mass is 224 g/mol. The summed E-state index contributed by atoms with van der Waals surface area (Å²) in [7, 11) is 0. The second kappa shape index (κ2) is 4.96. The molecule has 0 N–H and O–H groups in total. The van der Waals surface area contributed by atoms with Gasteiger partial charge >= 0.3 is 6.18 Å². The van der Waals surface area contributed by atoms with Crippen molar-refractivity contribution >= 4 is 5.78 Å². The van der Waals surface area contributed by atoms with E-state index >= 15 is 0 Å². The van der Waals surface area contributed by atoms with Crippen molar-refractivity contribution in [3.05, 3.63) is 0 Å². The van der Waals surface area contributed by atoms with Crippen LogP contribution < -0.4 is 0 Å². The lowest BCUT2D eigenvalue weighted by Crippen LogP contribution is -2.21. The number of carbonyl (C=O) groups is 1. The number of hydrogen-bond acceptors (Lipinski definition) is 2. The van der Waals surface area contributed by atoms with Gasteiger partial charge in [0.1, 0.15) is 5.78 Å². The summed E-state index contributed by atoms with van der Waals surface area (Å²) in [5.74, 6) is -0.289. The van der Waals surface area contributed by atoms with E-state index in [9.17, 15) is 18.0 Å². The van der Waals surface area contributed by atoms with Crippen LogP contribution in [0.2, 0.25) is 0 Å². The first kappa shape index (κ1) is 12.5. The molecular weight excluding hydrogens is 209 g/mol. The maximum absolute atomic E-state index is 11.8. The normalized spacial score (nSPS) is 26.9. The van der Waals surface area contributed by atoms with E-state index in [1.54, 1.807) is 6.92 Å². The largest absolute Gasteiger partial charge is 0.389 e. The molecule has 2 nitrogen and oxygen atoms in total. The lowest BCUT2D eigenvalue weighted by molar-refractivity contribution is -0.137. The molecule has 2 atom stereocenters. The maximum atomic E-state index is 11.8. The van der Waals surface area contributed by atoms with Gasteiger partial charge in [0, 0.05) is 25.4 Å². The smallest absolute Gasteiger partial charge is 0.378 e. The molecule has 0 spiro atoms. The first-order valence-corrected chi connectivity index (χ1v) is 5.11. The summed E-state index contributed by atoms with van der Waals surface area (Å²) in [5, 5.41) is 0. The number of halogens is 3. The van der Waals surface area contributed by atoms with Gasteiger partial charge in [-0.2, -0.15) is 13.2 Å². The van der Waals surface area contributed by atoms with Crippen LogP contribution in [-0.4, -0.2) is 24.7 Å². The Hall–Kier alpha value is -0.580. The number of alkyl halides is 3. The lowest BCUT2D eigenvalue weighted by Gasteiger charge is -2.12. The highest BCUT2D eigenvalue weighted by molar-refractivity contribution is 5.81. The molecule has 2 unspecified atom stereocenters. The average Bonchev–Trinajstić information content (AvgIpc) is 2.48. The molecule has 88 valence electrons. The van der Waals surface area contributed by atoms with E-state index in [0.717, 1.165) is 0 Å². The highest BCUT2D eigenvalue weighted by Gasteiger charge is 2.31. The fourth-order valence-corrected chi connectivity index (χ4v) is 1.80. The maximum Gasteiger partial charge on any atom is 0.389 e. The zero-order chi connectivity index (χ0) is 11.5. The first-order valence-electron chi connectivity index (χ1n) is 5.11. The van der Waals surface area contributed by atoms with Crippen LogP contribution in [0.4, 0.5) is 13.2 Å². The Morgan fingerprint density at radius 2 is 2.13 bits per heavy atom. The molecule has 1 fully saturated rings. The third-order valence-electron chi connectivity index (χ3n) is 2.67. The van der Waals surface area contributed by atoms with Gasteiger partial charge in [-0.05, 0) is 19.8 Å². The van der Waals surface area contributed by atoms with Gasteiger partial charge in [-0.15, -0.1) is 0 Å². The second-order valence-electron chi connectivity index (χ2n) is 3.91. The Bertz CT molecular complexity index is 225. The minimum absolute atomic E-state index is 0.0118. The summed E-state index contributed by atoms with van der Waals surface area (Å²) in [6, 6.07) is 0. The molecule has 0 bridgehead atoms. The summed E-state index contributed by atoms with van der Waals surface area (Å²) in [6.07, 6.45) is -4.61. The minimum Gasteiger partial charge on any atom is -0.378 e. The summed E-state index contributed by atoms with van der Waals surface area (Å²) in [6.45, 7) is 2.33. The third-order valence-corrected chi connectivity index (χ3v) is 2.67. The molecule has 0 aromatic heterocycles. The number of ketones is 1. The van der Waals surface area contributed by atoms with Crippen LogP contribution in [0.15, 0.2) is 0 Å². The van der Waals surface area contributed by atoms with E-state index in [1.807, 2.05) is 0 Å². The number of carbonyl (C=O) groups excluding carboxylic acids is 1. The molecule has 0 amide bonds. The van der Waals surface area contributed by atoms with E-state index in [2.05, 4.69) is 0 Å². The first-order chi connectivity index (χ1) is 6.90. The topological polar surface area (TPSA) is 26.3 Å². The van der Waals surface area contributed by atoms with Gasteiger partial charge in [-0.3, -0.25) is 4.79 Å². The molecule has 1 aliphatic rings. The quantitative estimate of drug-likeness (QED) is 0.733. The zero-order valence-electron chi connectivity index (χ0n) is 8.64. The van der Waals surface area contributed by atoms with Crippen molar-refractivity contribution < 1.29 is 22.7 Å². The van der Waals surface area contributed by atoms with Crippen LogP contribution in [0.5, 0.6) is 0 Å². The average molecular weight is 224 g/mol. The summed E-state index contributed by atoms with van der Waals surface area (Å²) in [4.78, 5) is 11.5. The van der Waals surface area contributed by atoms with Crippen LogP contribution in [-0.2, 0) is 9.53 Å². The molecule has 1 rings (SSSR count). The van der Waals surface area contributed by atoms with Crippen LogP contribution in [0.1, 0.15) is 32.6 Å². The fourth-order valence-electron chi connectivity index (χ4n) is 1.80. The van der Waals surface area contributed by atoms with Gasteiger partial charge in [-0.1, -0.05) is 0 Å². The van der Waals surface area contributed by atoms with Gasteiger partial charge in [0.05, 0.1) is 6.10 Å². The second-order valence-corrected chi connectivity index (χ2v) is 3.91. The van der Waals surface area contributed by atoms with E-state index < -0.39 is 12.6 Å². The van der Waals surface area contributed by atoms with Crippen LogP contribution in [0, 0.1) is 5.92 Å². The van der Waals surface area contributed by atoms with Gasteiger partial charge in [0.15, 0.2) is 0 Å². The van der Waals surface area contributed by atoms with E-state index in [1.165, 1.54) is 0 Å². The SMILES string of the molecule is CC1OCCC1C(=O)CCCC(F)(F)F. The Kier molecular flexibility index (Phi) is 4.13. The predicted molar refractivity (Wildman–Crippen MR) is 48.4 cm³/mol. The highest BCUT2D eigenvalue weighted by Crippen LogP contribution is 2.26. The van der Waals surface area contributed by atoms with Gasteiger partial charge in [0.2, 0.25) is 0 Å². The van der Waals surface area contributed by atoms with Crippen LogP contribution >= 0.6 is 0 Å². The van der Waals surface area contributed by atoms with Crippen molar-refractivity contribution in [3.63, 3.8) is 0 Å². The molecule has 15 heavy (non-hydrogen) atoms. The van der Waals surface area contributed by atoms with Crippen molar-refractivity contribution in [2.24, 2.45) is 5.92 Å². The van der Waals surface area contributed by atoms with E-state index in [-0.39, 0.29) is 30.6 Å². The highest BCUT2D eigenvalue weighted by atomic mass is 19.4. The molecule has 0 aromatic rings. The summed E-state index contributed by atoms with van der Waals surface area (Å²) in [5.41, 5.74) is 0. The molecule has 1 heterocycles. The van der Waals surface area contributed by atoms with Crippen LogP contribution in [0.3, 0.4) is 0 Å². The molecule has 1 aliphatic heterocycles. The van der Waals surface area contributed by atoms with Crippen molar-refractivity contribution in [2.45, 2.75) is 44.9 Å². The van der Waals surface area contributed by atoms with Crippen LogP contribution in [0.25, 0.3) is 0 Å². The van der Waals surface area contributed by atoms with Gasteiger partial charge < -0.3 is 4.74 Å². The molecule has 0 radical (unpaired) electrons. The molecule has 0 saturated carbocycles. The standard InChI is InChI=1S/C10H15F3O2/c1-7-8(4-6-15-7)9(14)3-2-5-10(11,12)13/h7-8H,2-6H2,1H3. The predicted octanol–water partition coefficient (Wildman–Crippen LogP) is 2.71. The lowest BCUT2D eigenvalue weighted by atomic mass is 9.94. The van der Waals surface area contributed by atoms with E-state index in [4.69, 9.17) is 4.74 Å². The number of ether oxygens (including phenoxy) is 1. The fraction of sp³-hybridized carbons (Fsp3) is 0.900. The Balaban J connectivity index is 2.24. The number of hydrogen-bond donors (Lipinski definition) is 0. The number of rotatable bonds is 4. The number of Topliss-reactive ketones (excluding diaryl/α,β-unsaturated/α-hetero) is 1. The molecular formula is C10H15F3O2. The molecule has 1 saturated heterocycles. The van der Waals surface area contributed by atoms with Crippen molar-refractivity contribution in [1.82, 2.24) is 0 Å². The summed E-state index contributed by atoms with van der Waals surface area (Å²) >= 11 is 0. The Morgan fingerprint density at radius 1 is 1.47 bits per heavy atom. The minimum atomic E-state index is -4.15. The van der Waals surface area contributed by atoms with Crippen molar-refractivity contribution in [1.29, 1.82) is 0 Å². The Labute approximate surface area is 86.8 Å². The molecule has 0 aromatic carbocycles.